The number of hydrogen-bond donors (Lipinski definition) is 0. The van der Waals surface area contributed by atoms with Gasteiger partial charge in [-0.05, 0) is 30.7 Å². The smallest absolute Gasteiger partial charge is 0.291 e. The number of carbonyl (C=O) groups is 2. The third-order valence-electron chi connectivity index (χ3n) is 7.16. The molecule has 0 bridgehead atoms. The Morgan fingerprint density at radius 1 is 0.917 bits per heavy atom. The molecule has 6 nitrogen and oxygen atoms in total. The molecule has 2 amide bonds. The van der Waals surface area contributed by atoms with E-state index < -0.39 is 28.6 Å². The number of unbranched alkanes of at least 4 members (excludes halogenated alkanes) is 1. The monoisotopic (exact) mass is 482 g/mol. The van der Waals surface area contributed by atoms with E-state index in [0.717, 1.165) is 6.42 Å². The molecule has 0 saturated carbocycles. The first-order valence-corrected chi connectivity index (χ1v) is 12.0. The molecular formula is C29H23FN2O4. The van der Waals surface area contributed by atoms with Gasteiger partial charge in [0.05, 0.1) is 23.2 Å². The summed E-state index contributed by atoms with van der Waals surface area (Å²) < 4.78 is 20.6. The lowest BCUT2D eigenvalue weighted by molar-refractivity contribution is -0.126. The number of halogens is 1. The third-order valence-corrected chi connectivity index (χ3v) is 7.16. The lowest BCUT2D eigenvalue weighted by Gasteiger charge is -2.34. The van der Waals surface area contributed by atoms with Gasteiger partial charge in [-0.15, -0.1) is 0 Å². The zero-order valence-electron chi connectivity index (χ0n) is 19.7. The van der Waals surface area contributed by atoms with Gasteiger partial charge in [0.15, 0.2) is 11.0 Å². The molecule has 2 aliphatic heterocycles. The van der Waals surface area contributed by atoms with Crippen LogP contribution in [0.4, 0.5) is 10.1 Å². The van der Waals surface area contributed by atoms with Crippen LogP contribution in [0.3, 0.4) is 0 Å². The molecule has 1 unspecified atom stereocenters. The second-order valence-corrected chi connectivity index (χ2v) is 9.15. The van der Waals surface area contributed by atoms with Gasteiger partial charge in [0.25, 0.3) is 11.8 Å². The van der Waals surface area contributed by atoms with Crippen LogP contribution in [-0.2, 0) is 16.9 Å². The minimum absolute atomic E-state index is 0.0334. The van der Waals surface area contributed by atoms with E-state index in [2.05, 4.69) is 0 Å². The second-order valence-electron chi connectivity index (χ2n) is 9.15. The summed E-state index contributed by atoms with van der Waals surface area (Å²) in [6.45, 7) is 2.23. The van der Waals surface area contributed by atoms with Gasteiger partial charge in [0, 0.05) is 17.7 Å². The van der Waals surface area contributed by atoms with E-state index >= 15 is 0 Å². The fraction of sp³-hybridized carbons (Fsp3) is 0.207. The van der Waals surface area contributed by atoms with Crippen molar-refractivity contribution in [2.24, 2.45) is 0 Å². The molecule has 3 aromatic carbocycles. The number of benzene rings is 3. The van der Waals surface area contributed by atoms with Crippen molar-refractivity contribution in [1.29, 1.82) is 0 Å². The number of fused-ring (bicyclic) bond motifs is 5. The SMILES string of the molecule is CCCCN1C(=O)c2oc3ccccc3c(=O)c2C12C(=O)N(Cc1ccccc1F)c1ccccc12. The first-order valence-electron chi connectivity index (χ1n) is 12.0. The number of anilines is 1. The molecule has 0 fully saturated rings. The van der Waals surface area contributed by atoms with Gasteiger partial charge in [0.1, 0.15) is 11.4 Å². The Hall–Kier alpha value is -4.26. The van der Waals surface area contributed by atoms with E-state index in [-0.39, 0.29) is 24.4 Å². The van der Waals surface area contributed by atoms with Gasteiger partial charge < -0.3 is 14.2 Å². The average Bonchev–Trinajstić information content (AvgIpc) is 3.29. The van der Waals surface area contributed by atoms with Crippen molar-refractivity contribution in [3.8, 4) is 0 Å². The fourth-order valence-electron chi connectivity index (χ4n) is 5.51. The van der Waals surface area contributed by atoms with Crippen molar-refractivity contribution >= 4 is 28.5 Å². The zero-order chi connectivity index (χ0) is 25.0. The predicted molar refractivity (Wildman–Crippen MR) is 133 cm³/mol. The second kappa shape index (κ2) is 8.16. The van der Waals surface area contributed by atoms with Crippen LogP contribution in [0.25, 0.3) is 11.0 Å². The molecule has 0 saturated heterocycles. The molecule has 3 heterocycles. The predicted octanol–water partition coefficient (Wildman–Crippen LogP) is 4.98. The van der Waals surface area contributed by atoms with E-state index in [4.69, 9.17) is 4.42 Å². The van der Waals surface area contributed by atoms with E-state index in [0.29, 0.717) is 34.2 Å². The lowest BCUT2D eigenvalue weighted by Crippen LogP contribution is -2.53. The Morgan fingerprint density at radius 3 is 2.44 bits per heavy atom. The highest BCUT2D eigenvalue weighted by atomic mass is 19.1. The minimum Gasteiger partial charge on any atom is -0.450 e. The first kappa shape index (κ1) is 22.2. The Kier molecular flexibility index (Phi) is 5.03. The van der Waals surface area contributed by atoms with Gasteiger partial charge in [-0.25, -0.2) is 4.39 Å². The van der Waals surface area contributed by atoms with Gasteiger partial charge in [0.2, 0.25) is 5.76 Å². The number of para-hydroxylation sites is 2. The third kappa shape index (κ3) is 2.86. The summed E-state index contributed by atoms with van der Waals surface area (Å²) in [4.78, 5) is 45.2. The molecular weight excluding hydrogens is 459 g/mol. The van der Waals surface area contributed by atoms with Crippen LogP contribution in [0.1, 0.15) is 47.0 Å². The first-order chi connectivity index (χ1) is 17.5. The van der Waals surface area contributed by atoms with Crippen molar-refractivity contribution in [2.45, 2.75) is 31.8 Å². The van der Waals surface area contributed by atoms with Gasteiger partial charge >= 0.3 is 0 Å². The summed E-state index contributed by atoms with van der Waals surface area (Å²) in [5, 5.41) is 0.304. The maximum Gasteiger partial charge on any atom is 0.291 e. The minimum atomic E-state index is -1.67. The molecule has 1 spiro atoms. The van der Waals surface area contributed by atoms with Crippen molar-refractivity contribution in [2.75, 3.05) is 11.4 Å². The van der Waals surface area contributed by atoms with Crippen molar-refractivity contribution in [3.63, 3.8) is 0 Å². The summed E-state index contributed by atoms with van der Waals surface area (Å²) in [6.07, 6.45) is 1.42. The van der Waals surface area contributed by atoms with Gasteiger partial charge in [-0.2, -0.15) is 0 Å². The summed E-state index contributed by atoms with van der Waals surface area (Å²) in [6, 6.07) is 20.1. The normalized spacial score (nSPS) is 18.4. The Bertz CT molecular complexity index is 1610. The number of rotatable bonds is 5. The molecule has 7 heteroatoms. The van der Waals surface area contributed by atoms with E-state index in [1.54, 1.807) is 66.7 Å². The summed E-state index contributed by atoms with van der Waals surface area (Å²) >= 11 is 0. The Balaban J connectivity index is 1.65. The Labute approximate surface area is 206 Å². The Morgan fingerprint density at radius 2 is 1.64 bits per heavy atom. The molecule has 1 aromatic heterocycles. The van der Waals surface area contributed by atoms with Crippen LogP contribution in [0, 0.1) is 5.82 Å². The zero-order valence-corrected chi connectivity index (χ0v) is 19.7. The molecule has 1 atom stereocenters. The number of amides is 2. The summed E-state index contributed by atoms with van der Waals surface area (Å²) in [5.74, 6) is -1.49. The highest BCUT2D eigenvalue weighted by Gasteiger charge is 2.64. The molecule has 0 radical (unpaired) electrons. The van der Waals surface area contributed by atoms with Crippen LogP contribution in [-0.4, -0.2) is 23.3 Å². The van der Waals surface area contributed by atoms with Crippen LogP contribution in [0.15, 0.2) is 82.0 Å². The summed E-state index contributed by atoms with van der Waals surface area (Å²) in [5.41, 5.74) is -0.339. The van der Waals surface area contributed by atoms with Crippen molar-refractivity contribution < 1.29 is 18.4 Å². The fourth-order valence-corrected chi connectivity index (χ4v) is 5.51. The molecule has 4 aromatic rings. The van der Waals surface area contributed by atoms with Crippen LogP contribution >= 0.6 is 0 Å². The number of hydrogen-bond acceptors (Lipinski definition) is 4. The summed E-state index contributed by atoms with van der Waals surface area (Å²) in [7, 11) is 0. The van der Waals surface area contributed by atoms with Crippen LogP contribution in [0.2, 0.25) is 0 Å². The topological polar surface area (TPSA) is 70.8 Å². The van der Waals surface area contributed by atoms with Crippen LogP contribution < -0.4 is 10.3 Å². The molecule has 2 aliphatic rings. The van der Waals surface area contributed by atoms with Gasteiger partial charge in [-0.3, -0.25) is 14.4 Å². The number of carbonyl (C=O) groups excluding carboxylic acids is 2. The van der Waals surface area contributed by atoms with E-state index in [1.807, 2.05) is 6.92 Å². The van der Waals surface area contributed by atoms with E-state index in [9.17, 15) is 18.8 Å². The molecule has 6 rings (SSSR count). The lowest BCUT2D eigenvalue weighted by atomic mass is 9.84. The molecule has 0 aliphatic carbocycles. The highest BCUT2D eigenvalue weighted by molar-refractivity contribution is 6.17. The highest BCUT2D eigenvalue weighted by Crippen LogP contribution is 2.53. The van der Waals surface area contributed by atoms with Gasteiger partial charge in [-0.1, -0.05) is 61.9 Å². The maximum atomic E-state index is 14.6. The van der Waals surface area contributed by atoms with Crippen molar-refractivity contribution in [1.82, 2.24) is 4.90 Å². The molecule has 36 heavy (non-hydrogen) atoms. The molecule has 180 valence electrons. The quantitative estimate of drug-likeness (QED) is 0.402. The molecule has 0 N–H and O–H groups in total. The largest absolute Gasteiger partial charge is 0.450 e. The maximum absolute atomic E-state index is 14.6. The van der Waals surface area contributed by atoms with Crippen molar-refractivity contribution in [3.05, 3.63) is 111 Å². The van der Waals surface area contributed by atoms with Crippen LogP contribution in [0.5, 0.6) is 0 Å². The average molecular weight is 483 g/mol. The number of nitrogens with zero attached hydrogens (tertiary/aromatic N) is 2. The standard InChI is InChI=1S/C29H23FN2O4/c1-2-3-16-32-27(34)26-24(25(33)19-11-5-9-15-23(19)36-26)29(32)20-12-6-8-14-22(20)31(28(29)35)17-18-10-4-7-13-21(18)30/h4-15H,2-3,16-17H2,1H3. The van der Waals surface area contributed by atoms with E-state index in [1.165, 1.54) is 15.9 Å².